The molecule has 15 heavy (non-hydrogen) atoms. The van der Waals surface area contributed by atoms with Crippen LogP contribution < -0.4 is 0 Å². The molecular formula is C12H26N2O. The Hall–Kier alpha value is -0.120. The molecule has 2 rings (SSSR count). The minimum absolute atomic E-state index is 0.689. The van der Waals surface area contributed by atoms with E-state index in [1.54, 1.807) is 0 Å². The van der Waals surface area contributed by atoms with Crippen molar-refractivity contribution >= 4 is 0 Å². The van der Waals surface area contributed by atoms with Gasteiger partial charge in [0.1, 0.15) is 0 Å². The van der Waals surface area contributed by atoms with E-state index in [0.29, 0.717) is 6.04 Å². The van der Waals surface area contributed by atoms with E-state index in [2.05, 4.69) is 37.5 Å². The smallest absolute Gasteiger partial charge is 0.0594 e. The van der Waals surface area contributed by atoms with Crippen LogP contribution in [0, 0.1) is 0 Å². The lowest BCUT2D eigenvalue weighted by molar-refractivity contribution is 0.0238. The maximum Gasteiger partial charge on any atom is 0.0594 e. The molecule has 0 spiro atoms. The second-order valence-electron chi connectivity index (χ2n) is 4.87. The van der Waals surface area contributed by atoms with Crippen molar-refractivity contribution in [2.45, 2.75) is 39.8 Å². The van der Waals surface area contributed by atoms with Crippen molar-refractivity contribution in [1.29, 1.82) is 0 Å². The van der Waals surface area contributed by atoms with Gasteiger partial charge < -0.3 is 4.74 Å². The van der Waals surface area contributed by atoms with Crippen LogP contribution in [-0.4, -0.2) is 61.3 Å². The number of ether oxygens (including phenoxy) is 1. The summed E-state index contributed by atoms with van der Waals surface area (Å²) in [7, 11) is 0. The molecule has 2 aliphatic heterocycles. The lowest BCUT2D eigenvalue weighted by Crippen LogP contribution is -2.40. The third kappa shape index (κ3) is 5.50. The SMILES string of the molecule is CC(C)N1CC1.CC(C)N1CCOCC1. The van der Waals surface area contributed by atoms with E-state index in [1.165, 1.54) is 13.1 Å². The molecule has 0 unspecified atom stereocenters. The van der Waals surface area contributed by atoms with Crippen LogP contribution in [0.1, 0.15) is 27.7 Å². The molecule has 0 radical (unpaired) electrons. The van der Waals surface area contributed by atoms with Gasteiger partial charge >= 0.3 is 0 Å². The lowest BCUT2D eigenvalue weighted by atomic mass is 10.3. The van der Waals surface area contributed by atoms with Gasteiger partial charge in [0, 0.05) is 38.3 Å². The monoisotopic (exact) mass is 214 g/mol. The highest BCUT2D eigenvalue weighted by atomic mass is 16.5. The first-order valence-electron chi connectivity index (χ1n) is 6.17. The van der Waals surface area contributed by atoms with Gasteiger partial charge in [-0.2, -0.15) is 0 Å². The van der Waals surface area contributed by atoms with Crippen LogP contribution in [0.5, 0.6) is 0 Å². The first-order valence-corrected chi connectivity index (χ1v) is 6.17. The molecule has 0 N–H and O–H groups in total. The summed E-state index contributed by atoms with van der Waals surface area (Å²) in [6, 6.07) is 1.49. The fourth-order valence-electron chi connectivity index (χ4n) is 1.67. The summed E-state index contributed by atoms with van der Waals surface area (Å²) in [6.07, 6.45) is 0. The van der Waals surface area contributed by atoms with E-state index in [9.17, 15) is 0 Å². The summed E-state index contributed by atoms with van der Waals surface area (Å²) in [4.78, 5) is 4.85. The predicted octanol–water partition coefficient (Wildman–Crippen LogP) is 1.44. The summed E-state index contributed by atoms with van der Waals surface area (Å²) in [5.74, 6) is 0. The average molecular weight is 214 g/mol. The summed E-state index contributed by atoms with van der Waals surface area (Å²) in [5.41, 5.74) is 0. The Morgan fingerprint density at radius 2 is 1.13 bits per heavy atom. The topological polar surface area (TPSA) is 15.5 Å². The Balaban J connectivity index is 0.000000162. The number of morpholine rings is 1. The van der Waals surface area contributed by atoms with Crippen LogP contribution in [0.2, 0.25) is 0 Å². The van der Waals surface area contributed by atoms with Gasteiger partial charge in [-0.05, 0) is 27.7 Å². The van der Waals surface area contributed by atoms with E-state index in [-0.39, 0.29) is 0 Å². The second-order valence-corrected chi connectivity index (χ2v) is 4.87. The highest BCUT2D eigenvalue weighted by Crippen LogP contribution is 2.07. The van der Waals surface area contributed by atoms with Gasteiger partial charge in [-0.1, -0.05) is 0 Å². The molecule has 3 nitrogen and oxygen atoms in total. The largest absolute Gasteiger partial charge is 0.379 e. The summed E-state index contributed by atoms with van der Waals surface area (Å²) < 4.78 is 5.21. The van der Waals surface area contributed by atoms with Gasteiger partial charge in [0.25, 0.3) is 0 Å². The van der Waals surface area contributed by atoms with Crippen molar-refractivity contribution in [3.05, 3.63) is 0 Å². The Morgan fingerprint density at radius 3 is 1.33 bits per heavy atom. The molecule has 2 heterocycles. The van der Waals surface area contributed by atoms with E-state index in [0.717, 1.165) is 32.3 Å². The molecular weight excluding hydrogens is 188 g/mol. The van der Waals surface area contributed by atoms with Gasteiger partial charge in [-0.3, -0.25) is 9.80 Å². The van der Waals surface area contributed by atoms with Crippen LogP contribution in [0.3, 0.4) is 0 Å². The first-order chi connectivity index (χ1) is 7.11. The van der Waals surface area contributed by atoms with Gasteiger partial charge in [-0.15, -0.1) is 0 Å². The fourth-order valence-corrected chi connectivity index (χ4v) is 1.67. The minimum Gasteiger partial charge on any atom is -0.379 e. The molecule has 0 aliphatic carbocycles. The van der Waals surface area contributed by atoms with Crippen molar-refractivity contribution in [1.82, 2.24) is 9.80 Å². The number of hydrogen-bond donors (Lipinski definition) is 0. The maximum atomic E-state index is 5.21. The van der Waals surface area contributed by atoms with Gasteiger partial charge in [-0.25, -0.2) is 0 Å². The number of hydrogen-bond acceptors (Lipinski definition) is 3. The third-order valence-corrected chi connectivity index (χ3v) is 2.99. The van der Waals surface area contributed by atoms with Crippen molar-refractivity contribution in [2.75, 3.05) is 39.4 Å². The molecule has 0 aromatic heterocycles. The van der Waals surface area contributed by atoms with Crippen LogP contribution in [0.25, 0.3) is 0 Å². The molecule has 2 saturated heterocycles. The fraction of sp³-hybridized carbons (Fsp3) is 1.00. The average Bonchev–Trinajstić information content (AvgIpc) is 3.03. The Bertz CT molecular complexity index is 161. The standard InChI is InChI=1S/C7H15NO.C5H11N/c1-7(2)8-3-5-9-6-4-8;1-5(2)6-3-4-6/h7H,3-6H2,1-2H3;5H,3-4H2,1-2H3. The molecule has 0 aromatic rings. The molecule has 90 valence electrons. The Labute approximate surface area is 94.4 Å². The first kappa shape index (κ1) is 12.9. The zero-order valence-corrected chi connectivity index (χ0v) is 10.7. The molecule has 0 saturated carbocycles. The Kier molecular flexibility index (Phi) is 5.58. The van der Waals surface area contributed by atoms with Crippen LogP contribution in [-0.2, 0) is 4.74 Å². The maximum absolute atomic E-state index is 5.21. The normalized spacial score (nSPS) is 22.8. The van der Waals surface area contributed by atoms with Crippen LogP contribution in [0.15, 0.2) is 0 Å². The van der Waals surface area contributed by atoms with Gasteiger partial charge in [0.2, 0.25) is 0 Å². The zero-order chi connectivity index (χ0) is 11.3. The summed E-state index contributed by atoms with van der Waals surface area (Å²) >= 11 is 0. The highest BCUT2D eigenvalue weighted by Gasteiger charge is 2.19. The van der Waals surface area contributed by atoms with Gasteiger partial charge in [0.15, 0.2) is 0 Å². The van der Waals surface area contributed by atoms with E-state index < -0.39 is 0 Å². The van der Waals surface area contributed by atoms with E-state index in [1.807, 2.05) is 0 Å². The second kappa shape index (κ2) is 6.46. The van der Waals surface area contributed by atoms with Gasteiger partial charge in [0.05, 0.1) is 13.2 Å². The number of rotatable bonds is 2. The molecule has 2 fully saturated rings. The van der Waals surface area contributed by atoms with Crippen molar-refractivity contribution in [3.63, 3.8) is 0 Å². The number of nitrogens with zero attached hydrogens (tertiary/aromatic N) is 2. The van der Waals surface area contributed by atoms with Crippen molar-refractivity contribution in [2.24, 2.45) is 0 Å². The predicted molar refractivity (Wildman–Crippen MR) is 64.2 cm³/mol. The van der Waals surface area contributed by atoms with Crippen LogP contribution >= 0.6 is 0 Å². The molecule has 3 heteroatoms. The van der Waals surface area contributed by atoms with E-state index in [4.69, 9.17) is 4.74 Å². The molecule has 0 atom stereocenters. The molecule has 0 aromatic carbocycles. The lowest BCUT2D eigenvalue weighted by Gasteiger charge is -2.29. The quantitative estimate of drug-likeness (QED) is 0.647. The summed E-state index contributed by atoms with van der Waals surface area (Å²) in [6.45, 7) is 15.6. The van der Waals surface area contributed by atoms with Crippen LogP contribution in [0.4, 0.5) is 0 Å². The highest BCUT2D eigenvalue weighted by molar-refractivity contribution is 4.75. The summed E-state index contributed by atoms with van der Waals surface area (Å²) in [5, 5.41) is 0. The van der Waals surface area contributed by atoms with Crippen molar-refractivity contribution in [3.8, 4) is 0 Å². The zero-order valence-electron chi connectivity index (χ0n) is 10.7. The van der Waals surface area contributed by atoms with Crippen molar-refractivity contribution < 1.29 is 4.74 Å². The molecule has 2 aliphatic rings. The Morgan fingerprint density at radius 1 is 0.733 bits per heavy atom. The molecule has 0 bridgehead atoms. The van der Waals surface area contributed by atoms with E-state index >= 15 is 0 Å². The minimum atomic E-state index is 0.689. The third-order valence-electron chi connectivity index (χ3n) is 2.99. The molecule has 0 amide bonds.